The molecule has 0 heterocycles. The molecule has 1 N–H and O–H groups in total. The maximum Gasteiger partial charge on any atom is 0.243 e. The van der Waals surface area contributed by atoms with Crippen LogP contribution in [0.25, 0.3) is 0 Å². The van der Waals surface area contributed by atoms with Gasteiger partial charge in [-0.1, -0.05) is 76.1 Å². The highest BCUT2D eigenvalue weighted by atomic mass is 79.9. The lowest BCUT2D eigenvalue weighted by Crippen LogP contribution is -2.52. The second-order valence-corrected chi connectivity index (χ2v) is 11.5. The molecule has 3 aromatic rings. The number of halogens is 1. The third-order valence-corrected chi connectivity index (χ3v) is 8.22. The van der Waals surface area contributed by atoms with Crippen LogP contribution < -0.4 is 5.32 Å². The number of aryl methyl sites for hydroxylation is 1. The lowest BCUT2D eigenvalue weighted by molar-refractivity contribution is -0.141. The Morgan fingerprint density at radius 1 is 0.917 bits per heavy atom. The molecule has 1 atom stereocenters. The number of carbonyl (C=O) groups is 2. The largest absolute Gasteiger partial charge is 0.357 e. The fourth-order valence-electron chi connectivity index (χ4n) is 3.76. The number of benzene rings is 3. The zero-order valence-corrected chi connectivity index (χ0v) is 22.9. The van der Waals surface area contributed by atoms with Gasteiger partial charge < -0.3 is 10.2 Å². The van der Waals surface area contributed by atoms with Crippen LogP contribution >= 0.6 is 15.9 Å². The van der Waals surface area contributed by atoms with Crippen molar-refractivity contribution in [3.8, 4) is 0 Å². The van der Waals surface area contributed by atoms with E-state index in [1.54, 1.807) is 12.1 Å². The molecule has 0 aliphatic carbocycles. The molecule has 0 radical (unpaired) electrons. The quantitative estimate of drug-likeness (QED) is 0.401. The first-order valence-corrected chi connectivity index (χ1v) is 13.7. The van der Waals surface area contributed by atoms with E-state index in [1.807, 2.05) is 61.5 Å². The van der Waals surface area contributed by atoms with E-state index in [9.17, 15) is 18.0 Å². The highest BCUT2D eigenvalue weighted by molar-refractivity contribution is 9.10. The van der Waals surface area contributed by atoms with Crippen LogP contribution in [0.2, 0.25) is 0 Å². The van der Waals surface area contributed by atoms with E-state index in [0.717, 1.165) is 25.5 Å². The van der Waals surface area contributed by atoms with Crippen molar-refractivity contribution in [2.24, 2.45) is 0 Å². The molecule has 0 saturated carbocycles. The van der Waals surface area contributed by atoms with E-state index < -0.39 is 28.5 Å². The Morgan fingerprint density at radius 2 is 1.53 bits per heavy atom. The summed E-state index contributed by atoms with van der Waals surface area (Å²) in [6.45, 7) is 1.61. The Bertz CT molecular complexity index is 1280. The fourth-order valence-corrected chi connectivity index (χ4v) is 5.15. The van der Waals surface area contributed by atoms with Crippen molar-refractivity contribution in [2.45, 2.75) is 30.8 Å². The van der Waals surface area contributed by atoms with Crippen molar-refractivity contribution in [3.05, 3.63) is 100 Å². The van der Waals surface area contributed by atoms with Gasteiger partial charge >= 0.3 is 0 Å². The van der Waals surface area contributed by atoms with Gasteiger partial charge in [0.1, 0.15) is 6.04 Å². The fraction of sp³-hybridized carbons (Fsp3) is 0.259. The van der Waals surface area contributed by atoms with Gasteiger partial charge in [-0.2, -0.15) is 4.31 Å². The van der Waals surface area contributed by atoms with Crippen LogP contribution in [0, 0.1) is 6.92 Å². The number of rotatable bonds is 10. The third kappa shape index (κ3) is 7.02. The highest BCUT2D eigenvalue weighted by Crippen LogP contribution is 2.19. The van der Waals surface area contributed by atoms with E-state index in [0.29, 0.717) is 0 Å². The van der Waals surface area contributed by atoms with Crippen molar-refractivity contribution >= 4 is 37.8 Å². The molecule has 0 spiro atoms. The molecule has 0 aliphatic heterocycles. The Hall–Kier alpha value is -3.01. The first kappa shape index (κ1) is 27.6. The minimum absolute atomic E-state index is 0.106. The highest BCUT2D eigenvalue weighted by Gasteiger charge is 2.32. The van der Waals surface area contributed by atoms with Crippen molar-refractivity contribution in [2.75, 3.05) is 20.6 Å². The van der Waals surface area contributed by atoms with Gasteiger partial charge in [0.25, 0.3) is 0 Å². The van der Waals surface area contributed by atoms with Crippen LogP contribution in [0.4, 0.5) is 0 Å². The number of carbonyl (C=O) groups excluding carboxylic acids is 2. The SMILES string of the molecule is CNC(=O)C(Cc1ccccc1)N(Cc1ccc(Br)cc1)C(=O)CN(C)S(=O)(=O)c1ccc(C)cc1. The molecule has 0 bridgehead atoms. The molecule has 9 heteroatoms. The number of sulfonamides is 1. The average molecular weight is 573 g/mol. The lowest BCUT2D eigenvalue weighted by atomic mass is 10.0. The molecule has 0 aromatic heterocycles. The normalized spacial score (nSPS) is 12.2. The van der Waals surface area contributed by atoms with Crippen LogP contribution in [-0.4, -0.2) is 56.1 Å². The first-order chi connectivity index (χ1) is 17.1. The summed E-state index contributed by atoms with van der Waals surface area (Å²) in [7, 11) is -0.998. The van der Waals surface area contributed by atoms with E-state index in [-0.39, 0.29) is 23.8 Å². The zero-order valence-electron chi connectivity index (χ0n) is 20.5. The number of amides is 2. The van der Waals surface area contributed by atoms with Crippen LogP contribution in [-0.2, 0) is 32.6 Å². The molecule has 7 nitrogen and oxygen atoms in total. The third-order valence-electron chi connectivity index (χ3n) is 5.87. The molecule has 0 fully saturated rings. The molecule has 190 valence electrons. The summed E-state index contributed by atoms with van der Waals surface area (Å²) in [4.78, 5) is 28.2. The van der Waals surface area contributed by atoms with Crippen LogP contribution in [0.3, 0.4) is 0 Å². The van der Waals surface area contributed by atoms with Gasteiger partial charge in [-0.3, -0.25) is 9.59 Å². The average Bonchev–Trinajstić information content (AvgIpc) is 2.87. The smallest absolute Gasteiger partial charge is 0.243 e. The maximum atomic E-state index is 13.6. The summed E-state index contributed by atoms with van der Waals surface area (Å²) < 4.78 is 28.2. The minimum Gasteiger partial charge on any atom is -0.357 e. The van der Waals surface area contributed by atoms with E-state index >= 15 is 0 Å². The Kier molecular flexibility index (Phi) is 9.42. The molecule has 36 heavy (non-hydrogen) atoms. The number of hydrogen-bond donors (Lipinski definition) is 1. The zero-order chi connectivity index (χ0) is 26.3. The summed E-state index contributed by atoms with van der Waals surface area (Å²) >= 11 is 3.41. The minimum atomic E-state index is -3.89. The summed E-state index contributed by atoms with van der Waals surface area (Å²) in [5.41, 5.74) is 2.64. The molecule has 2 amide bonds. The monoisotopic (exact) mass is 571 g/mol. The van der Waals surface area contributed by atoms with Gasteiger partial charge in [0.05, 0.1) is 11.4 Å². The molecule has 1 unspecified atom stereocenters. The predicted molar refractivity (Wildman–Crippen MR) is 144 cm³/mol. The first-order valence-electron chi connectivity index (χ1n) is 11.4. The van der Waals surface area contributed by atoms with Crippen LogP contribution in [0.15, 0.2) is 88.2 Å². The number of likely N-dealkylation sites (N-methyl/N-ethyl adjacent to an activating group) is 2. The molecule has 0 saturated heterocycles. The molecular formula is C27H30BrN3O4S. The van der Waals surface area contributed by atoms with Crippen molar-refractivity contribution < 1.29 is 18.0 Å². The van der Waals surface area contributed by atoms with Crippen LogP contribution in [0.1, 0.15) is 16.7 Å². The van der Waals surface area contributed by atoms with E-state index in [2.05, 4.69) is 21.2 Å². The van der Waals surface area contributed by atoms with Gasteiger partial charge in [-0.05, 0) is 42.3 Å². The Morgan fingerprint density at radius 3 is 2.11 bits per heavy atom. The number of hydrogen-bond acceptors (Lipinski definition) is 4. The number of nitrogens with zero attached hydrogens (tertiary/aromatic N) is 2. The van der Waals surface area contributed by atoms with Crippen molar-refractivity contribution in [3.63, 3.8) is 0 Å². The van der Waals surface area contributed by atoms with Crippen LogP contribution in [0.5, 0.6) is 0 Å². The Labute approximate surface area is 221 Å². The Balaban J connectivity index is 1.93. The lowest BCUT2D eigenvalue weighted by Gasteiger charge is -2.32. The standard InChI is InChI=1S/C27H30BrN3O4S/c1-20-9-15-24(16-10-20)36(34,35)30(3)19-26(32)31(18-22-11-13-23(28)14-12-22)25(27(33)29-2)17-21-7-5-4-6-8-21/h4-16,25H,17-19H2,1-3H3,(H,29,33). The molecule has 0 aliphatic rings. The predicted octanol–water partition coefficient (Wildman–Crippen LogP) is 3.76. The molecule has 3 rings (SSSR count). The van der Waals surface area contributed by atoms with Gasteiger partial charge in [-0.15, -0.1) is 0 Å². The van der Waals surface area contributed by atoms with Gasteiger partial charge in [0, 0.05) is 31.5 Å². The van der Waals surface area contributed by atoms with Gasteiger partial charge in [0.2, 0.25) is 21.8 Å². The topological polar surface area (TPSA) is 86.8 Å². The summed E-state index contributed by atoms with van der Waals surface area (Å²) in [5, 5.41) is 2.66. The van der Waals surface area contributed by atoms with Crippen molar-refractivity contribution in [1.29, 1.82) is 0 Å². The maximum absolute atomic E-state index is 13.6. The summed E-state index contributed by atoms with van der Waals surface area (Å²) in [5.74, 6) is -0.797. The van der Waals surface area contributed by atoms with Crippen molar-refractivity contribution in [1.82, 2.24) is 14.5 Å². The van der Waals surface area contributed by atoms with E-state index in [4.69, 9.17) is 0 Å². The molecular weight excluding hydrogens is 542 g/mol. The molecule has 3 aromatic carbocycles. The second kappa shape index (κ2) is 12.3. The van der Waals surface area contributed by atoms with E-state index in [1.165, 1.54) is 31.1 Å². The van der Waals surface area contributed by atoms with Gasteiger partial charge in [-0.25, -0.2) is 8.42 Å². The number of nitrogens with one attached hydrogen (secondary N) is 1. The van der Waals surface area contributed by atoms with Gasteiger partial charge in [0.15, 0.2) is 0 Å². The second-order valence-electron chi connectivity index (χ2n) is 8.54. The summed E-state index contributed by atoms with van der Waals surface area (Å²) in [6.07, 6.45) is 0.289. The summed E-state index contributed by atoms with van der Waals surface area (Å²) in [6, 6.07) is 22.5.